The summed E-state index contributed by atoms with van der Waals surface area (Å²) in [5, 5.41) is 8.59. The number of halogens is 5. The van der Waals surface area contributed by atoms with E-state index in [4.69, 9.17) is 5.11 Å². The molecule has 1 N–H and O–H groups in total. The molecule has 0 bridgehead atoms. The minimum Gasteiger partial charge on any atom is -0.396 e. The van der Waals surface area contributed by atoms with E-state index in [1.807, 2.05) is 0 Å². The maximum absolute atomic E-state index is 12.7. The molecule has 3 nitrogen and oxygen atoms in total. The number of aliphatic hydroxyl groups excluding tert-OH is 1. The van der Waals surface area contributed by atoms with Crippen molar-refractivity contribution in [3.63, 3.8) is 0 Å². The van der Waals surface area contributed by atoms with Crippen LogP contribution in [0, 0.1) is 0 Å². The molecule has 0 aromatic rings. The summed E-state index contributed by atoms with van der Waals surface area (Å²) >= 11 is 0. The van der Waals surface area contributed by atoms with Crippen molar-refractivity contribution in [2.24, 2.45) is 0 Å². The lowest BCUT2D eigenvalue weighted by Gasteiger charge is -2.19. The number of aliphatic hydroxyl groups is 1. The molecule has 0 aromatic heterocycles. The van der Waals surface area contributed by atoms with Crippen LogP contribution < -0.4 is 0 Å². The highest BCUT2D eigenvalue weighted by molar-refractivity contribution is 7.91. The Labute approximate surface area is 134 Å². The highest BCUT2D eigenvalue weighted by Gasteiger charge is 2.56. The Morgan fingerprint density at radius 2 is 1.13 bits per heavy atom. The van der Waals surface area contributed by atoms with Crippen molar-refractivity contribution in [2.45, 2.75) is 69.9 Å². The van der Waals surface area contributed by atoms with Crippen molar-refractivity contribution in [2.75, 3.05) is 18.1 Å². The molecule has 0 saturated carbocycles. The first-order chi connectivity index (χ1) is 10.5. The van der Waals surface area contributed by atoms with Gasteiger partial charge in [-0.3, -0.25) is 0 Å². The van der Waals surface area contributed by atoms with E-state index >= 15 is 0 Å². The molecule has 0 radical (unpaired) electrons. The zero-order valence-electron chi connectivity index (χ0n) is 13.0. The quantitative estimate of drug-likeness (QED) is 0.393. The summed E-state index contributed by atoms with van der Waals surface area (Å²) in [5.74, 6) is -5.66. The minimum atomic E-state index is -5.63. The van der Waals surface area contributed by atoms with Crippen LogP contribution in [0.25, 0.3) is 0 Å². The van der Waals surface area contributed by atoms with Crippen LogP contribution in [0.3, 0.4) is 0 Å². The molecular weight excluding hydrogens is 343 g/mol. The Kier molecular flexibility index (Phi) is 10.2. The van der Waals surface area contributed by atoms with Crippen LogP contribution >= 0.6 is 0 Å². The number of rotatable bonds is 13. The lowest BCUT2D eigenvalue weighted by atomic mass is 10.1. The third-order valence-electron chi connectivity index (χ3n) is 3.47. The first-order valence-corrected chi connectivity index (χ1v) is 9.60. The fourth-order valence-electron chi connectivity index (χ4n) is 2.08. The summed E-state index contributed by atoms with van der Waals surface area (Å²) in [6.45, 7) is 0.158. The van der Waals surface area contributed by atoms with Crippen molar-refractivity contribution in [3.05, 3.63) is 0 Å². The van der Waals surface area contributed by atoms with Crippen molar-refractivity contribution in [1.29, 1.82) is 0 Å². The second-order valence-corrected chi connectivity index (χ2v) is 7.96. The molecule has 0 atom stereocenters. The van der Waals surface area contributed by atoms with E-state index in [1.54, 1.807) is 0 Å². The minimum absolute atomic E-state index is 0.158. The van der Waals surface area contributed by atoms with E-state index in [-0.39, 0.29) is 12.4 Å². The van der Waals surface area contributed by atoms with Crippen LogP contribution in [-0.4, -0.2) is 43.7 Å². The van der Waals surface area contributed by atoms with Gasteiger partial charge in [-0.15, -0.1) is 0 Å². The number of hydrogen-bond donors (Lipinski definition) is 1. The van der Waals surface area contributed by atoms with Gasteiger partial charge in [-0.2, -0.15) is 22.0 Å². The molecule has 0 heterocycles. The van der Waals surface area contributed by atoms with Crippen molar-refractivity contribution in [3.8, 4) is 0 Å². The fourth-order valence-corrected chi connectivity index (χ4v) is 3.51. The maximum atomic E-state index is 12.7. The normalized spacial score (nSPS) is 13.5. The van der Waals surface area contributed by atoms with E-state index < -0.39 is 40.5 Å². The van der Waals surface area contributed by atoms with E-state index in [0.717, 1.165) is 32.1 Å². The van der Waals surface area contributed by atoms with Crippen LogP contribution in [0.5, 0.6) is 0 Å². The average Bonchev–Trinajstić information content (AvgIpc) is 2.40. The molecule has 140 valence electrons. The average molecular weight is 368 g/mol. The van der Waals surface area contributed by atoms with Gasteiger partial charge in [0, 0.05) is 13.0 Å². The molecule has 0 fully saturated rings. The van der Waals surface area contributed by atoms with Gasteiger partial charge >= 0.3 is 12.1 Å². The van der Waals surface area contributed by atoms with Crippen molar-refractivity contribution in [1.82, 2.24) is 0 Å². The van der Waals surface area contributed by atoms with E-state index in [0.29, 0.717) is 12.8 Å². The smallest absolute Gasteiger partial charge is 0.396 e. The standard InChI is InChI=1S/C14H25F5O3S/c15-13(16,14(17,18)19)9-8-12-23(21,22)11-7-5-3-1-2-4-6-10-20/h20H,1-12H2. The first kappa shape index (κ1) is 22.6. The Morgan fingerprint density at radius 3 is 1.61 bits per heavy atom. The topological polar surface area (TPSA) is 54.4 Å². The third-order valence-corrected chi connectivity index (χ3v) is 5.30. The predicted molar refractivity (Wildman–Crippen MR) is 78.3 cm³/mol. The lowest BCUT2D eigenvalue weighted by molar-refractivity contribution is -0.284. The Hall–Kier alpha value is -0.440. The molecule has 0 unspecified atom stereocenters. The SMILES string of the molecule is O=S(=O)(CCCCCCCCCO)CCCC(F)(F)C(F)(F)F. The van der Waals surface area contributed by atoms with Crippen LogP contribution in [0.1, 0.15) is 57.8 Å². The summed E-state index contributed by atoms with van der Waals surface area (Å²) in [5.41, 5.74) is 0. The third kappa shape index (κ3) is 10.9. The molecule has 0 saturated heterocycles. The van der Waals surface area contributed by atoms with Gasteiger partial charge in [0.15, 0.2) is 0 Å². The van der Waals surface area contributed by atoms with Crippen LogP contribution in [0.15, 0.2) is 0 Å². The van der Waals surface area contributed by atoms with Crippen molar-refractivity contribution < 1.29 is 35.5 Å². The van der Waals surface area contributed by atoms with Crippen LogP contribution in [-0.2, 0) is 9.84 Å². The van der Waals surface area contributed by atoms with Gasteiger partial charge in [0.1, 0.15) is 9.84 Å². The van der Waals surface area contributed by atoms with E-state index in [1.165, 1.54) is 0 Å². The molecule has 0 rings (SSSR count). The molecule has 0 aliphatic carbocycles. The summed E-state index contributed by atoms with van der Waals surface area (Å²) in [7, 11) is -3.58. The van der Waals surface area contributed by atoms with Gasteiger partial charge in [0.2, 0.25) is 0 Å². The molecule has 0 spiro atoms. The summed E-state index contributed by atoms with van der Waals surface area (Å²) < 4.78 is 84.3. The Morgan fingerprint density at radius 1 is 0.696 bits per heavy atom. The van der Waals surface area contributed by atoms with E-state index in [9.17, 15) is 30.4 Å². The van der Waals surface area contributed by atoms with Gasteiger partial charge in [0.25, 0.3) is 0 Å². The Balaban J connectivity index is 3.82. The molecule has 0 aromatic carbocycles. The first-order valence-electron chi connectivity index (χ1n) is 7.78. The van der Waals surface area contributed by atoms with Gasteiger partial charge in [-0.05, 0) is 19.3 Å². The second-order valence-electron chi connectivity index (χ2n) is 5.66. The monoisotopic (exact) mass is 368 g/mol. The van der Waals surface area contributed by atoms with E-state index in [2.05, 4.69) is 0 Å². The Bertz CT molecular complexity index is 407. The summed E-state index contributed by atoms with van der Waals surface area (Å²) in [4.78, 5) is 0. The fraction of sp³-hybridized carbons (Fsp3) is 1.00. The van der Waals surface area contributed by atoms with Gasteiger partial charge in [0.05, 0.1) is 11.5 Å². The number of alkyl halides is 5. The second kappa shape index (κ2) is 10.4. The summed E-state index contributed by atoms with van der Waals surface area (Å²) in [6.07, 6.45) is -2.37. The predicted octanol–water partition coefficient (Wildman–Crippen LogP) is 4.10. The number of unbranched alkanes of at least 4 members (excludes halogenated alkanes) is 6. The maximum Gasteiger partial charge on any atom is 0.453 e. The largest absolute Gasteiger partial charge is 0.453 e. The molecule has 23 heavy (non-hydrogen) atoms. The zero-order valence-corrected chi connectivity index (χ0v) is 13.9. The highest BCUT2D eigenvalue weighted by atomic mass is 32.2. The number of hydrogen-bond acceptors (Lipinski definition) is 3. The molecule has 0 aliphatic rings. The molecule has 0 amide bonds. The summed E-state index contributed by atoms with van der Waals surface area (Å²) in [6, 6.07) is 0. The van der Waals surface area contributed by atoms with Gasteiger partial charge < -0.3 is 5.11 Å². The van der Waals surface area contributed by atoms with Gasteiger partial charge in [-0.25, -0.2) is 8.42 Å². The van der Waals surface area contributed by atoms with Gasteiger partial charge in [-0.1, -0.05) is 32.1 Å². The molecule has 0 aliphatic heterocycles. The lowest BCUT2D eigenvalue weighted by Crippen LogP contribution is -2.36. The number of sulfone groups is 1. The van der Waals surface area contributed by atoms with Crippen LogP contribution in [0.4, 0.5) is 22.0 Å². The van der Waals surface area contributed by atoms with Crippen LogP contribution in [0.2, 0.25) is 0 Å². The van der Waals surface area contributed by atoms with Crippen molar-refractivity contribution >= 4 is 9.84 Å². The molecule has 9 heteroatoms. The highest BCUT2D eigenvalue weighted by Crippen LogP contribution is 2.38. The zero-order chi connectivity index (χ0) is 18.0. The molecular formula is C14H25F5O3S.